The summed E-state index contributed by atoms with van der Waals surface area (Å²) in [5.41, 5.74) is 3.54. The topological polar surface area (TPSA) is 24.5 Å². The Morgan fingerprint density at radius 3 is 2.69 bits per heavy atom. The first-order chi connectivity index (χ1) is 7.49. The average molecular weight is 251 g/mol. The number of hydrogen-bond acceptors (Lipinski definition) is 3. The summed E-state index contributed by atoms with van der Waals surface area (Å²) in [7, 11) is 3.61. The van der Waals surface area contributed by atoms with Crippen LogP contribution >= 0.6 is 11.6 Å². The van der Waals surface area contributed by atoms with Crippen molar-refractivity contribution in [3.8, 4) is 5.75 Å². The monoisotopic (exact) mass is 250 g/mol. The van der Waals surface area contributed by atoms with Crippen LogP contribution in [0, 0.1) is 0 Å². The minimum Gasteiger partial charge on any atom is -0.434 e. The molecule has 6 heteroatoms. The summed E-state index contributed by atoms with van der Waals surface area (Å²) in [5.74, 6) is 0.133. The number of hydrazine groups is 1. The first kappa shape index (κ1) is 13.2. The fourth-order valence-corrected chi connectivity index (χ4v) is 1.34. The van der Waals surface area contributed by atoms with E-state index in [-0.39, 0.29) is 5.75 Å². The Kier molecular flexibility index (Phi) is 4.92. The first-order valence-corrected chi connectivity index (χ1v) is 5.01. The molecule has 1 aromatic rings. The molecule has 0 saturated heterocycles. The molecule has 0 saturated carbocycles. The molecule has 0 amide bonds. The van der Waals surface area contributed by atoms with Gasteiger partial charge in [0.2, 0.25) is 0 Å². The van der Waals surface area contributed by atoms with E-state index >= 15 is 0 Å². The standard InChI is InChI=1S/C10H13ClF2N2O/c1-15(2)14-6-7-5-8(11)3-4-9(7)16-10(12)13/h3-5,10,14H,6H2,1-2H3. The third-order valence-corrected chi connectivity index (χ3v) is 2.06. The highest BCUT2D eigenvalue weighted by atomic mass is 35.5. The molecule has 0 atom stereocenters. The van der Waals surface area contributed by atoms with E-state index in [1.807, 2.05) is 0 Å². The molecule has 0 spiro atoms. The highest BCUT2D eigenvalue weighted by molar-refractivity contribution is 6.30. The molecule has 0 aliphatic rings. The van der Waals surface area contributed by atoms with Gasteiger partial charge in [-0.2, -0.15) is 8.78 Å². The van der Waals surface area contributed by atoms with Crippen molar-refractivity contribution in [1.29, 1.82) is 0 Å². The SMILES string of the molecule is CN(C)NCc1cc(Cl)ccc1OC(F)F. The molecule has 0 unspecified atom stereocenters. The van der Waals surface area contributed by atoms with Gasteiger partial charge in [-0.25, -0.2) is 0 Å². The zero-order valence-corrected chi connectivity index (χ0v) is 9.76. The molecule has 1 aromatic carbocycles. The molecule has 16 heavy (non-hydrogen) atoms. The predicted molar refractivity (Wildman–Crippen MR) is 58.6 cm³/mol. The van der Waals surface area contributed by atoms with Gasteiger partial charge in [0.25, 0.3) is 0 Å². The number of halogens is 3. The van der Waals surface area contributed by atoms with Gasteiger partial charge in [0.15, 0.2) is 0 Å². The molecular formula is C10H13ClF2N2O. The third kappa shape index (κ3) is 4.30. The highest BCUT2D eigenvalue weighted by Gasteiger charge is 2.10. The van der Waals surface area contributed by atoms with Gasteiger partial charge < -0.3 is 4.74 Å². The van der Waals surface area contributed by atoms with E-state index in [0.717, 1.165) is 0 Å². The quantitative estimate of drug-likeness (QED) is 0.813. The molecule has 0 aliphatic carbocycles. The Morgan fingerprint density at radius 2 is 2.12 bits per heavy atom. The Labute approximate surface area is 97.9 Å². The van der Waals surface area contributed by atoms with E-state index < -0.39 is 6.61 Å². The number of nitrogens with one attached hydrogen (secondary N) is 1. The van der Waals surface area contributed by atoms with E-state index in [0.29, 0.717) is 17.1 Å². The largest absolute Gasteiger partial charge is 0.434 e. The minimum absolute atomic E-state index is 0.133. The fourth-order valence-electron chi connectivity index (χ4n) is 1.14. The molecule has 0 radical (unpaired) electrons. The van der Waals surface area contributed by atoms with Gasteiger partial charge in [-0.1, -0.05) is 11.6 Å². The van der Waals surface area contributed by atoms with Crippen LogP contribution < -0.4 is 10.2 Å². The van der Waals surface area contributed by atoms with Crippen molar-refractivity contribution in [3.05, 3.63) is 28.8 Å². The van der Waals surface area contributed by atoms with Crippen molar-refractivity contribution in [3.63, 3.8) is 0 Å². The predicted octanol–water partition coefficient (Wildman–Crippen LogP) is 2.51. The molecule has 0 aromatic heterocycles. The summed E-state index contributed by atoms with van der Waals surface area (Å²) in [6, 6.07) is 4.54. The second kappa shape index (κ2) is 5.98. The van der Waals surface area contributed by atoms with Crippen LogP contribution in [0.2, 0.25) is 5.02 Å². The molecular weight excluding hydrogens is 238 g/mol. The second-order valence-electron chi connectivity index (χ2n) is 3.36. The normalized spacial score (nSPS) is 11.2. The Balaban J connectivity index is 2.81. The van der Waals surface area contributed by atoms with Gasteiger partial charge in [-0.3, -0.25) is 10.4 Å². The van der Waals surface area contributed by atoms with Crippen LogP contribution in [0.4, 0.5) is 8.78 Å². The van der Waals surface area contributed by atoms with Gasteiger partial charge in [0.1, 0.15) is 5.75 Å². The smallest absolute Gasteiger partial charge is 0.387 e. The van der Waals surface area contributed by atoms with Crippen LogP contribution in [0.25, 0.3) is 0 Å². The molecule has 0 heterocycles. The number of benzene rings is 1. The van der Waals surface area contributed by atoms with Crippen LogP contribution in [-0.4, -0.2) is 25.7 Å². The summed E-state index contributed by atoms with van der Waals surface area (Å²) >= 11 is 5.78. The van der Waals surface area contributed by atoms with Crippen LogP contribution in [0.5, 0.6) is 5.75 Å². The lowest BCUT2D eigenvalue weighted by atomic mass is 10.2. The van der Waals surface area contributed by atoms with Crippen LogP contribution in [-0.2, 0) is 6.54 Å². The van der Waals surface area contributed by atoms with Gasteiger partial charge >= 0.3 is 6.61 Å². The number of nitrogens with zero attached hydrogens (tertiary/aromatic N) is 1. The summed E-state index contributed by atoms with van der Waals surface area (Å²) < 4.78 is 28.6. The van der Waals surface area contributed by atoms with Gasteiger partial charge in [-0.15, -0.1) is 0 Å². The van der Waals surface area contributed by atoms with Gasteiger partial charge in [0.05, 0.1) is 0 Å². The summed E-state index contributed by atoms with van der Waals surface area (Å²) in [6.07, 6.45) is 0. The zero-order valence-electron chi connectivity index (χ0n) is 9.01. The van der Waals surface area contributed by atoms with Crippen molar-refractivity contribution in [2.75, 3.05) is 14.1 Å². The summed E-state index contributed by atoms with van der Waals surface area (Å²) in [6.45, 7) is -2.46. The minimum atomic E-state index is -2.83. The summed E-state index contributed by atoms with van der Waals surface area (Å²) in [4.78, 5) is 0. The van der Waals surface area contributed by atoms with Crippen LogP contribution in [0.3, 0.4) is 0 Å². The fraction of sp³-hybridized carbons (Fsp3) is 0.400. The van der Waals surface area contributed by atoms with Crippen molar-refractivity contribution in [1.82, 2.24) is 10.4 Å². The summed E-state index contributed by atoms with van der Waals surface area (Å²) in [5, 5.41) is 2.20. The lowest BCUT2D eigenvalue weighted by Crippen LogP contribution is -2.29. The van der Waals surface area contributed by atoms with Crippen LogP contribution in [0.1, 0.15) is 5.56 Å². The zero-order chi connectivity index (χ0) is 12.1. The second-order valence-corrected chi connectivity index (χ2v) is 3.80. The maximum Gasteiger partial charge on any atom is 0.387 e. The molecule has 1 N–H and O–H groups in total. The molecule has 0 aliphatic heterocycles. The molecule has 90 valence electrons. The van der Waals surface area contributed by atoms with E-state index in [2.05, 4.69) is 10.2 Å². The van der Waals surface area contributed by atoms with Crippen molar-refractivity contribution in [2.24, 2.45) is 0 Å². The number of alkyl halides is 2. The first-order valence-electron chi connectivity index (χ1n) is 4.63. The van der Waals surface area contributed by atoms with Gasteiger partial charge in [0, 0.05) is 31.2 Å². The van der Waals surface area contributed by atoms with Crippen molar-refractivity contribution < 1.29 is 13.5 Å². The number of hydrogen-bond donors (Lipinski definition) is 1. The Morgan fingerprint density at radius 1 is 1.44 bits per heavy atom. The lowest BCUT2D eigenvalue weighted by molar-refractivity contribution is -0.0505. The third-order valence-electron chi connectivity index (χ3n) is 1.82. The van der Waals surface area contributed by atoms with Gasteiger partial charge in [-0.05, 0) is 18.2 Å². The molecule has 1 rings (SSSR count). The Bertz CT molecular complexity index is 348. The number of rotatable bonds is 5. The van der Waals surface area contributed by atoms with E-state index in [1.165, 1.54) is 12.1 Å². The van der Waals surface area contributed by atoms with E-state index in [1.54, 1.807) is 25.2 Å². The van der Waals surface area contributed by atoms with Crippen molar-refractivity contribution in [2.45, 2.75) is 13.2 Å². The number of ether oxygens (including phenoxy) is 1. The Hall–Kier alpha value is -0.910. The van der Waals surface area contributed by atoms with Crippen LogP contribution in [0.15, 0.2) is 18.2 Å². The average Bonchev–Trinajstić information content (AvgIpc) is 2.17. The van der Waals surface area contributed by atoms with Crippen molar-refractivity contribution >= 4 is 11.6 Å². The molecule has 0 fully saturated rings. The van der Waals surface area contributed by atoms with E-state index in [9.17, 15) is 8.78 Å². The lowest BCUT2D eigenvalue weighted by Gasteiger charge is -2.15. The molecule has 0 bridgehead atoms. The maximum absolute atomic E-state index is 12.1. The molecule has 3 nitrogen and oxygen atoms in total. The maximum atomic E-state index is 12.1. The van der Waals surface area contributed by atoms with E-state index in [4.69, 9.17) is 11.6 Å². The highest BCUT2D eigenvalue weighted by Crippen LogP contribution is 2.24.